The first-order valence-electron chi connectivity index (χ1n) is 5.96. The number of rotatable bonds is 3. The zero-order valence-electron chi connectivity index (χ0n) is 10.3. The molecule has 102 valence electrons. The number of hydrogen-bond donors (Lipinski definition) is 1. The first kappa shape index (κ1) is 13.0. The summed E-state index contributed by atoms with van der Waals surface area (Å²) < 4.78 is 26.8. The Balaban J connectivity index is 1.85. The van der Waals surface area contributed by atoms with E-state index in [1.54, 1.807) is 0 Å². The topological polar surface area (TPSA) is 95.7 Å². The minimum absolute atomic E-state index is 0.0202. The number of thiazole rings is 1. The van der Waals surface area contributed by atoms with Crippen molar-refractivity contribution in [2.24, 2.45) is 0 Å². The highest BCUT2D eigenvalue weighted by Gasteiger charge is 2.21. The Morgan fingerprint density at radius 3 is 2.85 bits per heavy atom. The first-order valence-corrected chi connectivity index (χ1v) is 8.26. The van der Waals surface area contributed by atoms with Crippen LogP contribution in [0.5, 0.6) is 0 Å². The molecule has 1 aliphatic carbocycles. The molecule has 0 saturated heterocycles. The number of nitrogens with one attached hydrogen (secondary N) is 1. The van der Waals surface area contributed by atoms with Crippen molar-refractivity contribution in [3.63, 3.8) is 0 Å². The number of sulfonamides is 1. The van der Waals surface area contributed by atoms with E-state index in [0.717, 1.165) is 29.8 Å². The summed E-state index contributed by atoms with van der Waals surface area (Å²) in [6.45, 7) is 0. The van der Waals surface area contributed by atoms with Crippen LogP contribution in [0, 0.1) is 11.3 Å². The van der Waals surface area contributed by atoms with Crippen molar-refractivity contribution in [1.29, 1.82) is 5.26 Å². The van der Waals surface area contributed by atoms with Crippen LogP contribution in [-0.2, 0) is 22.9 Å². The van der Waals surface area contributed by atoms with E-state index in [-0.39, 0.29) is 10.6 Å². The Hall–Kier alpha value is -1.98. The molecular formula is C12H10N4O2S2. The highest BCUT2D eigenvalue weighted by Crippen LogP contribution is 2.31. The molecule has 8 heteroatoms. The number of pyridine rings is 1. The van der Waals surface area contributed by atoms with Crippen LogP contribution < -0.4 is 4.72 Å². The van der Waals surface area contributed by atoms with Crippen molar-refractivity contribution in [2.45, 2.75) is 24.2 Å². The Labute approximate surface area is 120 Å². The molecule has 0 radical (unpaired) electrons. The van der Waals surface area contributed by atoms with Crippen molar-refractivity contribution in [1.82, 2.24) is 9.97 Å². The quantitative estimate of drug-likeness (QED) is 0.931. The van der Waals surface area contributed by atoms with Gasteiger partial charge in [0.1, 0.15) is 16.7 Å². The molecule has 2 aromatic rings. The van der Waals surface area contributed by atoms with Crippen LogP contribution in [0.1, 0.15) is 22.7 Å². The number of hydrogen-bond acceptors (Lipinski definition) is 6. The first-order chi connectivity index (χ1) is 9.58. The number of aryl methyl sites for hydroxylation is 2. The second kappa shape index (κ2) is 4.85. The van der Waals surface area contributed by atoms with E-state index >= 15 is 0 Å². The molecule has 2 aromatic heterocycles. The summed E-state index contributed by atoms with van der Waals surface area (Å²) in [4.78, 5) is 9.22. The summed E-state index contributed by atoms with van der Waals surface area (Å²) in [5.41, 5.74) is 1.17. The van der Waals surface area contributed by atoms with Gasteiger partial charge in [-0.2, -0.15) is 5.26 Å². The molecule has 1 aliphatic rings. The van der Waals surface area contributed by atoms with Crippen molar-refractivity contribution >= 4 is 26.5 Å². The highest BCUT2D eigenvalue weighted by molar-refractivity contribution is 7.93. The number of nitrogens with zero attached hydrogens (tertiary/aromatic N) is 3. The molecule has 0 atom stereocenters. The predicted molar refractivity (Wildman–Crippen MR) is 73.9 cm³/mol. The van der Waals surface area contributed by atoms with Gasteiger partial charge in [0.2, 0.25) is 0 Å². The van der Waals surface area contributed by atoms with Gasteiger partial charge in [-0.3, -0.25) is 4.72 Å². The minimum Gasteiger partial charge on any atom is -0.255 e. The van der Waals surface area contributed by atoms with Crippen LogP contribution in [0.25, 0.3) is 0 Å². The molecule has 1 N–H and O–H groups in total. The monoisotopic (exact) mass is 306 g/mol. The van der Waals surface area contributed by atoms with Crippen molar-refractivity contribution in [2.75, 3.05) is 4.72 Å². The molecule has 3 rings (SSSR count). The van der Waals surface area contributed by atoms with Crippen LogP contribution in [0.2, 0.25) is 0 Å². The van der Waals surface area contributed by atoms with E-state index < -0.39 is 10.0 Å². The average Bonchev–Trinajstić information content (AvgIpc) is 2.99. The highest BCUT2D eigenvalue weighted by atomic mass is 32.2. The van der Waals surface area contributed by atoms with Gasteiger partial charge in [0.15, 0.2) is 5.13 Å². The number of anilines is 1. The summed E-state index contributed by atoms with van der Waals surface area (Å²) in [5, 5.41) is 9.04. The summed E-state index contributed by atoms with van der Waals surface area (Å²) in [6.07, 6.45) is 4.13. The second-order valence-electron chi connectivity index (χ2n) is 4.34. The van der Waals surface area contributed by atoms with Crippen molar-refractivity contribution in [3.05, 3.63) is 34.6 Å². The minimum atomic E-state index is -3.70. The summed E-state index contributed by atoms with van der Waals surface area (Å²) in [6, 6.07) is 4.57. The van der Waals surface area contributed by atoms with E-state index in [9.17, 15) is 8.42 Å². The fraction of sp³-hybridized carbons (Fsp3) is 0.250. The predicted octanol–water partition coefficient (Wildman–Crippen LogP) is 1.70. The molecule has 6 nitrogen and oxygen atoms in total. The number of aromatic nitrogens is 2. The summed E-state index contributed by atoms with van der Waals surface area (Å²) in [5.74, 6) is 0. The van der Waals surface area contributed by atoms with Gasteiger partial charge in [0.25, 0.3) is 10.0 Å². The van der Waals surface area contributed by atoms with Gasteiger partial charge < -0.3 is 0 Å². The molecule has 0 bridgehead atoms. The van der Waals surface area contributed by atoms with E-state index in [2.05, 4.69) is 14.7 Å². The zero-order chi connectivity index (χ0) is 14.2. The van der Waals surface area contributed by atoms with Crippen LogP contribution in [0.15, 0.2) is 23.2 Å². The fourth-order valence-corrected chi connectivity index (χ4v) is 4.24. The van der Waals surface area contributed by atoms with Gasteiger partial charge >= 0.3 is 0 Å². The molecule has 0 amide bonds. The molecule has 0 fully saturated rings. The molecule has 0 aliphatic heterocycles. The Morgan fingerprint density at radius 2 is 2.20 bits per heavy atom. The van der Waals surface area contributed by atoms with Gasteiger partial charge in [0, 0.05) is 11.1 Å². The third-order valence-corrected chi connectivity index (χ3v) is 5.50. The zero-order valence-corrected chi connectivity index (χ0v) is 12.0. The van der Waals surface area contributed by atoms with Gasteiger partial charge in [-0.15, -0.1) is 11.3 Å². The SMILES string of the molecule is N#Cc1ccc(S(=O)(=O)Nc2nc3c(s2)CCC3)cn1. The molecule has 0 unspecified atom stereocenters. The third kappa shape index (κ3) is 2.37. The van der Waals surface area contributed by atoms with Crippen LogP contribution >= 0.6 is 11.3 Å². The second-order valence-corrected chi connectivity index (χ2v) is 7.10. The van der Waals surface area contributed by atoms with Crippen LogP contribution in [0.4, 0.5) is 5.13 Å². The summed E-state index contributed by atoms with van der Waals surface area (Å²) in [7, 11) is -3.70. The van der Waals surface area contributed by atoms with E-state index in [0.29, 0.717) is 5.13 Å². The Kier molecular flexibility index (Phi) is 3.16. The maximum absolute atomic E-state index is 12.2. The standard InChI is InChI=1S/C12H10N4O2S2/c13-6-8-4-5-9(7-14-8)20(17,18)16-12-15-10-2-1-3-11(10)19-12/h4-5,7H,1-3H2,(H,15,16). The normalized spacial score (nSPS) is 13.8. The molecule has 0 spiro atoms. The van der Waals surface area contributed by atoms with E-state index in [4.69, 9.17) is 5.26 Å². The Bertz CT molecular complexity index is 766. The third-order valence-electron chi connectivity index (χ3n) is 2.98. The van der Waals surface area contributed by atoms with Crippen LogP contribution in [-0.4, -0.2) is 18.4 Å². The van der Waals surface area contributed by atoms with Gasteiger partial charge in [0.05, 0.1) is 5.69 Å². The van der Waals surface area contributed by atoms with Gasteiger partial charge in [-0.1, -0.05) is 0 Å². The van der Waals surface area contributed by atoms with Gasteiger partial charge in [-0.25, -0.2) is 18.4 Å². The lowest BCUT2D eigenvalue weighted by Gasteiger charge is -2.04. The lowest BCUT2D eigenvalue weighted by Crippen LogP contribution is -2.13. The van der Waals surface area contributed by atoms with Gasteiger partial charge in [-0.05, 0) is 31.4 Å². The number of nitriles is 1. The lowest BCUT2D eigenvalue weighted by atomic mass is 10.4. The Morgan fingerprint density at radius 1 is 1.35 bits per heavy atom. The molecule has 0 aromatic carbocycles. The van der Waals surface area contributed by atoms with Crippen LogP contribution in [0.3, 0.4) is 0 Å². The maximum atomic E-state index is 12.2. The van der Waals surface area contributed by atoms with E-state index in [1.807, 2.05) is 6.07 Å². The van der Waals surface area contributed by atoms with Crippen molar-refractivity contribution in [3.8, 4) is 6.07 Å². The molecule has 2 heterocycles. The lowest BCUT2D eigenvalue weighted by molar-refractivity contribution is 0.600. The fourth-order valence-electron chi connectivity index (χ4n) is 2.01. The smallest absolute Gasteiger partial charge is 0.255 e. The van der Waals surface area contributed by atoms with E-state index in [1.165, 1.54) is 29.7 Å². The maximum Gasteiger partial charge on any atom is 0.265 e. The van der Waals surface area contributed by atoms with Crippen molar-refractivity contribution < 1.29 is 8.42 Å². The number of fused-ring (bicyclic) bond motifs is 1. The largest absolute Gasteiger partial charge is 0.265 e. The molecular weight excluding hydrogens is 296 g/mol. The average molecular weight is 306 g/mol. The summed E-state index contributed by atoms with van der Waals surface area (Å²) >= 11 is 1.38. The molecule has 0 saturated carbocycles. The molecule has 20 heavy (non-hydrogen) atoms.